The standard InChI is InChI=1S/C18H23N3O3/c1-2-3-4-8-12-21(18(23)15-9-6-5-7-10-15)14-17(22)19-16-11-13-24-20-16/h5-7,9-11,13H,2-4,8,12,14H2,1H3,(H,19,20,22). The minimum Gasteiger partial charge on any atom is -0.363 e. The number of carbonyl (C=O) groups excluding carboxylic acids is 2. The summed E-state index contributed by atoms with van der Waals surface area (Å²) in [5.41, 5.74) is 0.585. The summed E-state index contributed by atoms with van der Waals surface area (Å²) < 4.78 is 4.68. The van der Waals surface area contributed by atoms with E-state index in [0.717, 1.165) is 25.7 Å². The number of nitrogens with zero attached hydrogens (tertiary/aromatic N) is 2. The Labute approximate surface area is 141 Å². The van der Waals surface area contributed by atoms with Crippen molar-refractivity contribution in [3.05, 3.63) is 48.2 Å². The molecule has 0 unspecified atom stereocenters. The Morgan fingerprint density at radius 3 is 2.58 bits per heavy atom. The summed E-state index contributed by atoms with van der Waals surface area (Å²) in [5, 5.41) is 6.27. The van der Waals surface area contributed by atoms with Gasteiger partial charge in [0.2, 0.25) is 5.91 Å². The Kier molecular flexibility index (Phi) is 7.01. The molecule has 0 atom stereocenters. The molecule has 0 aliphatic heterocycles. The first-order chi connectivity index (χ1) is 11.7. The summed E-state index contributed by atoms with van der Waals surface area (Å²) in [7, 11) is 0. The topological polar surface area (TPSA) is 75.4 Å². The van der Waals surface area contributed by atoms with Gasteiger partial charge in [0.1, 0.15) is 12.8 Å². The first kappa shape index (κ1) is 17.7. The Balaban J connectivity index is 1.98. The molecule has 2 amide bonds. The molecule has 2 aromatic rings. The van der Waals surface area contributed by atoms with E-state index in [2.05, 4.69) is 21.9 Å². The van der Waals surface area contributed by atoms with Crippen molar-refractivity contribution in [2.75, 3.05) is 18.4 Å². The fraction of sp³-hybridized carbons (Fsp3) is 0.389. The molecule has 6 nitrogen and oxygen atoms in total. The van der Waals surface area contributed by atoms with Crippen LogP contribution in [0.15, 0.2) is 47.2 Å². The van der Waals surface area contributed by atoms with Crippen LogP contribution in [-0.4, -0.2) is 35.0 Å². The van der Waals surface area contributed by atoms with Crippen molar-refractivity contribution in [3.8, 4) is 0 Å². The Hall–Kier alpha value is -2.63. The van der Waals surface area contributed by atoms with Crippen LogP contribution in [0.3, 0.4) is 0 Å². The zero-order chi connectivity index (χ0) is 17.2. The quantitative estimate of drug-likeness (QED) is 0.716. The van der Waals surface area contributed by atoms with Gasteiger partial charge in [-0.2, -0.15) is 0 Å². The van der Waals surface area contributed by atoms with Gasteiger partial charge in [-0.1, -0.05) is 49.5 Å². The van der Waals surface area contributed by atoms with Crippen molar-refractivity contribution in [2.45, 2.75) is 32.6 Å². The highest BCUT2D eigenvalue weighted by atomic mass is 16.5. The maximum absolute atomic E-state index is 12.7. The summed E-state index contributed by atoms with van der Waals surface area (Å²) in [6.07, 6.45) is 5.55. The molecule has 0 saturated heterocycles. The smallest absolute Gasteiger partial charge is 0.254 e. The molecule has 1 aromatic heterocycles. The summed E-state index contributed by atoms with van der Waals surface area (Å²) in [6, 6.07) is 10.6. The van der Waals surface area contributed by atoms with Gasteiger partial charge in [0.25, 0.3) is 5.91 Å². The van der Waals surface area contributed by atoms with Crippen LogP contribution in [0.2, 0.25) is 0 Å². The lowest BCUT2D eigenvalue weighted by molar-refractivity contribution is -0.117. The van der Waals surface area contributed by atoms with Crippen LogP contribution in [0.4, 0.5) is 5.82 Å². The number of aromatic nitrogens is 1. The molecule has 0 saturated carbocycles. The zero-order valence-electron chi connectivity index (χ0n) is 13.9. The number of hydrogen-bond acceptors (Lipinski definition) is 4. The van der Waals surface area contributed by atoms with E-state index in [9.17, 15) is 9.59 Å². The van der Waals surface area contributed by atoms with Gasteiger partial charge in [0.05, 0.1) is 0 Å². The number of unbranched alkanes of at least 4 members (excludes halogenated alkanes) is 3. The summed E-state index contributed by atoms with van der Waals surface area (Å²) in [4.78, 5) is 26.4. The number of rotatable bonds is 9. The van der Waals surface area contributed by atoms with Gasteiger partial charge in [0, 0.05) is 18.2 Å². The maximum Gasteiger partial charge on any atom is 0.254 e. The number of anilines is 1. The fourth-order valence-electron chi connectivity index (χ4n) is 2.38. The predicted molar refractivity (Wildman–Crippen MR) is 91.6 cm³/mol. The van der Waals surface area contributed by atoms with Crippen LogP contribution in [0.5, 0.6) is 0 Å². The van der Waals surface area contributed by atoms with Gasteiger partial charge >= 0.3 is 0 Å². The Bertz CT molecular complexity index is 626. The Morgan fingerprint density at radius 2 is 1.92 bits per heavy atom. The second kappa shape index (κ2) is 9.50. The third-order valence-corrected chi connectivity index (χ3v) is 3.63. The molecular weight excluding hydrogens is 306 g/mol. The van der Waals surface area contributed by atoms with Gasteiger partial charge in [-0.3, -0.25) is 9.59 Å². The zero-order valence-corrected chi connectivity index (χ0v) is 13.9. The second-order valence-electron chi connectivity index (χ2n) is 5.59. The highest BCUT2D eigenvalue weighted by Gasteiger charge is 2.18. The molecular formula is C18H23N3O3. The van der Waals surface area contributed by atoms with E-state index < -0.39 is 0 Å². The van der Waals surface area contributed by atoms with Crippen LogP contribution in [0.1, 0.15) is 43.0 Å². The molecule has 1 N–H and O–H groups in total. The normalized spacial score (nSPS) is 10.4. The first-order valence-corrected chi connectivity index (χ1v) is 8.25. The molecule has 0 spiro atoms. The van der Waals surface area contributed by atoms with Gasteiger partial charge < -0.3 is 14.7 Å². The minimum atomic E-state index is -0.288. The van der Waals surface area contributed by atoms with Crippen LogP contribution in [0, 0.1) is 0 Å². The second-order valence-corrected chi connectivity index (χ2v) is 5.59. The largest absolute Gasteiger partial charge is 0.363 e. The van der Waals surface area contributed by atoms with Crippen LogP contribution < -0.4 is 5.32 Å². The number of nitrogens with one attached hydrogen (secondary N) is 1. The number of amides is 2. The summed E-state index contributed by atoms with van der Waals surface area (Å²) in [5.74, 6) is -0.0795. The van der Waals surface area contributed by atoms with E-state index in [1.807, 2.05) is 18.2 Å². The fourth-order valence-corrected chi connectivity index (χ4v) is 2.38. The van der Waals surface area contributed by atoms with Crippen LogP contribution >= 0.6 is 0 Å². The third kappa shape index (κ3) is 5.53. The molecule has 24 heavy (non-hydrogen) atoms. The average molecular weight is 329 g/mol. The summed E-state index contributed by atoms with van der Waals surface area (Å²) in [6.45, 7) is 2.69. The number of hydrogen-bond donors (Lipinski definition) is 1. The monoisotopic (exact) mass is 329 g/mol. The van der Waals surface area contributed by atoms with Gasteiger partial charge in [-0.25, -0.2) is 0 Å². The van der Waals surface area contributed by atoms with E-state index in [1.54, 1.807) is 23.1 Å². The number of carbonyl (C=O) groups is 2. The van der Waals surface area contributed by atoms with Crippen molar-refractivity contribution >= 4 is 17.6 Å². The van der Waals surface area contributed by atoms with Crippen molar-refractivity contribution in [2.24, 2.45) is 0 Å². The maximum atomic E-state index is 12.7. The molecule has 6 heteroatoms. The van der Waals surface area contributed by atoms with E-state index in [4.69, 9.17) is 0 Å². The van der Waals surface area contributed by atoms with Crippen LogP contribution in [-0.2, 0) is 4.79 Å². The molecule has 2 rings (SSSR count). The van der Waals surface area contributed by atoms with E-state index in [0.29, 0.717) is 17.9 Å². The molecule has 1 heterocycles. The van der Waals surface area contributed by atoms with Gasteiger partial charge in [-0.15, -0.1) is 0 Å². The predicted octanol–water partition coefficient (Wildman–Crippen LogP) is 3.34. The summed E-state index contributed by atoms with van der Waals surface area (Å²) >= 11 is 0. The number of benzene rings is 1. The highest BCUT2D eigenvalue weighted by molar-refractivity contribution is 5.99. The molecule has 1 aromatic carbocycles. The minimum absolute atomic E-state index is 0.00723. The molecule has 0 radical (unpaired) electrons. The lowest BCUT2D eigenvalue weighted by atomic mass is 10.1. The van der Waals surface area contributed by atoms with Crippen molar-refractivity contribution in [1.82, 2.24) is 10.1 Å². The molecule has 128 valence electrons. The lowest BCUT2D eigenvalue weighted by Crippen LogP contribution is -2.38. The highest BCUT2D eigenvalue weighted by Crippen LogP contribution is 2.09. The van der Waals surface area contributed by atoms with Gasteiger partial charge in [-0.05, 0) is 18.6 Å². The third-order valence-electron chi connectivity index (χ3n) is 3.63. The van der Waals surface area contributed by atoms with Crippen molar-refractivity contribution < 1.29 is 14.1 Å². The molecule has 0 bridgehead atoms. The van der Waals surface area contributed by atoms with E-state index in [-0.39, 0.29) is 18.4 Å². The van der Waals surface area contributed by atoms with Crippen molar-refractivity contribution in [3.63, 3.8) is 0 Å². The molecule has 0 fully saturated rings. The molecule has 0 aliphatic carbocycles. The average Bonchev–Trinajstić information content (AvgIpc) is 3.10. The van der Waals surface area contributed by atoms with Crippen molar-refractivity contribution in [1.29, 1.82) is 0 Å². The Morgan fingerprint density at radius 1 is 1.12 bits per heavy atom. The van der Waals surface area contributed by atoms with E-state index >= 15 is 0 Å². The molecule has 0 aliphatic rings. The van der Waals surface area contributed by atoms with E-state index in [1.165, 1.54) is 6.26 Å². The SMILES string of the molecule is CCCCCCN(CC(=O)Nc1ccon1)C(=O)c1ccccc1. The van der Waals surface area contributed by atoms with Gasteiger partial charge in [0.15, 0.2) is 5.82 Å². The van der Waals surface area contributed by atoms with Crippen LogP contribution in [0.25, 0.3) is 0 Å². The first-order valence-electron chi connectivity index (χ1n) is 8.25. The lowest BCUT2D eigenvalue weighted by Gasteiger charge is -2.22.